The van der Waals surface area contributed by atoms with Crippen molar-refractivity contribution in [3.05, 3.63) is 54.9 Å². The lowest BCUT2D eigenvalue weighted by Gasteiger charge is -2.07. The van der Waals surface area contributed by atoms with Crippen LogP contribution < -0.4 is 0 Å². The number of aryl methyl sites for hydroxylation is 1. The largest absolute Gasteiger partial charge is 0.295 e. The lowest BCUT2D eigenvalue weighted by molar-refractivity contribution is 0.895. The molecule has 0 aliphatic rings. The molecule has 3 heteroatoms. The number of hydrogen-bond donors (Lipinski definition) is 0. The molecule has 0 unspecified atom stereocenters. The van der Waals surface area contributed by atoms with E-state index in [9.17, 15) is 0 Å². The zero-order valence-electron chi connectivity index (χ0n) is 9.26. The Labute approximate surface area is 100 Å². The highest BCUT2D eigenvalue weighted by Gasteiger charge is 2.04. The number of rotatable bonds is 4. The van der Waals surface area contributed by atoms with Crippen LogP contribution in [0.4, 0.5) is 0 Å². The number of nitrogens with zero attached hydrogens (tertiary/aromatic N) is 2. The van der Waals surface area contributed by atoms with Crippen LogP contribution in [0.1, 0.15) is 5.56 Å². The molecule has 0 radical (unpaired) electrons. The minimum absolute atomic E-state index is 0.878. The predicted molar refractivity (Wildman–Crippen MR) is 69.2 cm³/mol. The van der Waals surface area contributed by atoms with Gasteiger partial charge in [0.05, 0.1) is 0 Å². The summed E-state index contributed by atoms with van der Waals surface area (Å²) in [6.07, 6.45) is 5.70. The van der Waals surface area contributed by atoms with Crippen LogP contribution in [0.5, 0.6) is 0 Å². The van der Waals surface area contributed by atoms with Crippen molar-refractivity contribution in [2.75, 3.05) is 5.75 Å². The van der Waals surface area contributed by atoms with Gasteiger partial charge < -0.3 is 0 Å². The van der Waals surface area contributed by atoms with E-state index in [0.717, 1.165) is 16.6 Å². The maximum atomic E-state index is 4.34. The molecule has 0 spiro atoms. The average molecular weight is 230 g/mol. The van der Waals surface area contributed by atoms with Crippen molar-refractivity contribution in [2.45, 2.75) is 12.1 Å². The maximum Gasteiger partial charge on any atom is 0.172 e. The summed E-state index contributed by atoms with van der Waals surface area (Å²) in [4.78, 5) is 4.34. The quantitative estimate of drug-likeness (QED) is 0.591. The fourth-order valence-corrected chi connectivity index (χ4v) is 2.21. The Morgan fingerprint density at radius 3 is 3.12 bits per heavy atom. The zero-order chi connectivity index (χ0) is 11.4. The molecule has 0 bridgehead atoms. The summed E-state index contributed by atoms with van der Waals surface area (Å²) < 4.78 is 2.10. The molecule has 0 saturated heterocycles. The third-order valence-electron chi connectivity index (χ3n) is 2.22. The molecule has 2 rings (SSSR count). The average Bonchev–Trinajstić information content (AvgIpc) is 2.74. The van der Waals surface area contributed by atoms with E-state index in [1.54, 1.807) is 11.8 Å². The lowest BCUT2D eigenvalue weighted by Crippen LogP contribution is -1.95. The van der Waals surface area contributed by atoms with Gasteiger partial charge in [-0.1, -0.05) is 30.0 Å². The van der Waals surface area contributed by atoms with Crippen LogP contribution in [0.3, 0.4) is 0 Å². The summed E-state index contributed by atoms with van der Waals surface area (Å²) in [5.74, 6) is 0.878. The number of benzene rings is 1. The molecule has 2 aromatic rings. The van der Waals surface area contributed by atoms with Crippen LogP contribution >= 0.6 is 11.8 Å². The van der Waals surface area contributed by atoms with E-state index in [4.69, 9.17) is 0 Å². The van der Waals surface area contributed by atoms with Crippen LogP contribution in [0.15, 0.2) is 54.5 Å². The lowest BCUT2D eigenvalue weighted by atomic mass is 10.2. The van der Waals surface area contributed by atoms with E-state index in [1.807, 2.05) is 18.5 Å². The molecule has 16 heavy (non-hydrogen) atoms. The molecule has 82 valence electrons. The Morgan fingerprint density at radius 2 is 2.38 bits per heavy atom. The molecule has 0 N–H and O–H groups in total. The SMILES string of the molecule is C=CCSc1nccn1-c1cccc(C)c1. The van der Waals surface area contributed by atoms with Crippen LogP contribution in [-0.4, -0.2) is 15.3 Å². The van der Waals surface area contributed by atoms with E-state index in [2.05, 4.69) is 47.3 Å². The minimum atomic E-state index is 0.878. The van der Waals surface area contributed by atoms with E-state index >= 15 is 0 Å². The summed E-state index contributed by atoms with van der Waals surface area (Å²) in [5, 5.41) is 1.01. The summed E-state index contributed by atoms with van der Waals surface area (Å²) >= 11 is 1.69. The first-order valence-corrected chi connectivity index (χ1v) is 6.14. The molecule has 0 atom stereocenters. The molecule has 2 nitrogen and oxygen atoms in total. The summed E-state index contributed by atoms with van der Waals surface area (Å²) in [5.41, 5.74) is 2.41. The molecule has 0 amide bonds. The van der Waals surface area contributed by atoms with Crippen molar-refractivity contribution in [3.8, 4) is 5.69 Å². The van der Waals surface area contributed by atoms with E-state index in [1.165, 1.54) is 5.56 Å². The summed E-state index contributed by atoms with van der Waals surface area (Å²) in [6, 6.07) is 8.40. The van der Waals surface area contributed by atoms with Crippen molar-refractivity contribution in [1.82, 2.24) is 9.55 Å². The minimum Gasteiger partial charge on any atom is -0.295 e. The summed E-state index contributed by atoms with van der Waals surface area (Å²) in [7, 11) is 0. The van der Waals surface area contributed by atoms with Crippen LogP contribution in [0.25, 0.3) is 5.69 Å². The molecule has 1 aromatic carbocycles. The summed E-state index contributed by atoms with van der Waals surface area (Å²) in [6.45, 7) is 5.81. The van der Waals surface area contributed by atoms with Crippen LogP contribution in [0, 0.1) is 6.92 Å². The van der Waals surface area contributed by atoms with Gasteiger partial charge in [0.15, 0.2) is 5.16 Å². The Balaban J connectivity index is 2.32. The van der Waals surface area contributed by atoms with Gasteiger partial charge in [0, 0.05) is 23.8 Å². The molecule has 1 aromatic heterocycles. The van der Waals surface area contributed by atoms with Gasteiger partial charge in [-0.25, -0.2) is 4.98 Å². The highest BCUT2D eigenvalue weighted by Crippen LogP contribution is 2.20. The van der Waals surface area contributed by atoms with Gasteiger partial charge in [-0.2, -0.15) is 0 Å². The van der Waals surface area contributed by atoms with Gasteiger partial charge in [-0.3, -0.25) is 4.57 Å². The number of thioether (sulfide) groups is 1. The molecular weight excluding hydrogens is 216 g/mol. The van der Waals surface area contributed by atoms with Crippen molar-refractivity contribution >= 4 is 11.8 Å². The Bertz CT molecular complexity index is 488. The first kappa shape index (κ1) is 11.0. The standard InChI is InChI=1S/C13H14N2S/c1-3-9-16-13-14-7-8-15(13)12-6-4-5-11(2)10-12/h3-8,10H,1,9H2,2H3. The predicted octanol–water partition coefficient (Wildman–Crippen LogP) is 3.46. The zero-order valence-corrected chi connectivity index (χ0v) is 10.1. The topological polar surface area (TPSA) is 17.8 Å². The van der Waals surface area contributed by atoms with Gasteiger partial charge in [-0.15, -0.1) is 6.58 Å². The second kappa shape index (κ2) is 5.03. The van der Waals surface area contributed by atoms with E-state index in [-0.39, 0.29) is 0 Å². The van der Waals surface area contributed by atoms with Crippen molar-refractivity contribution in [1.29, 1.82) is 0 Å². The molecular formula is C13H14N2S. The van der Waals surface area contributed by atoms with Crippen molar-refractivity contribution in [2.24, 2.45) is 0 Å². The molecule has 0 aliphatic heterocycles. The normalized spacial score (nSPS) is 10.3. The Kier molecular flexibility index (Phi) is 3.47. The van der Waals surface area contributed by atoms with Crippen LogP contribution in [0.2, 0.25) is 0 Å². The molecule has 0 saturated carbocycles. The van der Waals surface area contributed by atoms with Gasteiger partial charge >= 0.3 is 0 Å². The van der Waals surface area contributed by atoms with Crippen molar-refractivity contribution in [3.63, 3.8) is 0 Å². The van der Waals surface area contributed by atoms with Gasteiger partial charge in [0.1, 0.15) is 0 Å². The Morgan fingerprint density at radius 1 is 1.50 bits per heavy atom. The number of imidazole rings is 1. The highest BCUT2D eigenvalue weighted by atomic mass is 32.2. The molecule has 1 heterocycles. The smallest absolute Gasteiger partial charge is 0.172 e. The van der Waals surface area contributed by atoms with Gasteiger partial charge in [-0.05, 0) is 24.6 Å². The third kappa shape index (κ3) is 2.36. The third-order valence-corrected chi connectivity index (χ3v) is 3.18. The van der Waals surface area contributed by atoms with Crippen LogP contribution in [-0.2, 0) is 0 Å². The monoisotopic (exact) mass is 230 g/mol. The molecule has 0 fully saturated rings. The van der Waals surface area contributed by atoms with Crippen molar-refractivity contribution < 1.29 is 0 Å². The van der Waals surface area contributed by atoms with E-state index < -0.39 is 0 Å². The van der Waals surface area contributed by atoms with Gasteiger partial charge in [0.25, 0.3) is 0 Å². The van der Waals surface area contributed by atoms with E-state index in [0.29, 0.717) is 0 Å². The number of hydrogen-bond acceptors (Lipinski definition) is 2. The molecule has 0 aliphatic carbocycles. The Hall–Kier alpha value is -1.48. The first-order valence-electron chi connectivity index (χ1n) is 5.15. The second-order valence-electron chi connectivity index (χ2n) is 3.52. The fourth-order valence-electron chi connectivity index (χ4n) is 1.50. The number of aromatic nitrogens is 2. The van der Waals surface area contributed by atoms with Gasteiger partial charge in [0.2, 0.25) is 0 Å². The highest BCUT2D eigenvalue weighted by molar-refractivity contribution is 7.99. The maximum absolute atomic E-state index is 4.34. The first-order chi connectivity index (χ1) is 7.81. The fraction of sp³-hybridized carbons (Fsp3) is 0.154. The second-order valence-corrected chi connectivity index (χ2v) is 4.51.